The molecular weight excluding hydrogens is 792 g/mol. The van der Waals surface area contributed by atoms with E-state index in [1.54, 1.807) is 0 Å². The molecule has 0 aliphatic heterocycles. The summed E-state index contributed by atoms with van der Waals surface area (Å²) in [5.41, 5.74) is 0. The number of phosphoric ester groups is 1. The fourth-order valence-corrected chi connectivity index (χ4v) is 7.60. The van der Waals surface area contributed by atoms with Crippen LogP contribution in [0.2, 0.25) is 0 Å². The van der Waals surface area contributed by atoms with Crippen molar-refractivity contribution in [1.82, 2.24) is 0 Å². The maximum Gasteiger partial charge on any atom is 0.472 e. The van der Waals surface area contributed by atoms with Crippen molar-refractivity contribution in [2.75, 3.05) is 26.4 Å². The van der Waals surface area contributed by atoms with Crippen molar-refractivity contribution in [3.8, 4) is 0 Å². The van der Waals surface area contributed by atoms with Gasteiger partial charge in [-0.3, -0.25) is 18.6 Å². The van der Waals surface area contributed by atoms with Crippen LogP contribution in [0.25, 0.3) is 0 Å². The SMILES string of the molecule is CC/C=C\C/C=C\C/C=C\C/C=C\CCCCCCCCC(=O)OC(CO)COP(=O)(O)OCC(CO)OC(=O)CCCCCCCCCCCCCCCCCCCCC. The molecule has 0 bridgehead atoms. The van der Waals surface area contributed by atoms with E-state index in [0.717, 1.165) is 83.5 Å². The predicted octanol–water partition coefficient (Wildman–Crippen LogP) is 13.7. The van der Waals surface area contributed by atoms with E-state index in [1.807, 2.05) is 0 Å². The summed E-state index contributed by atoms with van der Waals surface area (Å²) in [6.07, 6.45) is 50.8. The van der Waals surface area contributed by atoms with Gasteiger partial charge >= 0.3 is 19.8 Å². The number of esters is 2. The van der Waals surface area contributed by atoms with Gasteiger partial charge in [0, 0.05) is 12.8 Å². The molecule has 61 heavy (non-hydrogen) atoms. The molecule has 0 aliphatic rings. The Kier molecular flexibility index (Phi) is 44.4. The molecule has 0 aromatic rings. The summed E-state index contributed by atoms with van der Waals surface area (Å²) in [6.45, 7) is 2.11. The topological polar surface area (TPSA) is 149 Å². The summed E-state index contributed by atoms with van der Waals surface area (Å²) < 4.78 is 32.7. The second-order valence-electron chi connectivity index (χ2n) is 16.4. The quantitative estimate of drug-likeness (QED) is 0.0233. The van der Waals surface area contributed by atoms with Crippen molar-refractivity contribution < 1.29 is 47.8 Å². The van der Waals surface area contributed by atoms with Gasteiger partial charge in [0.05, 0.1) is 26.4 Å². The summed E-state index contributed by atoms with van der Waals surface area (Å²) in [6, 6.07) is 0. The monoisotopic (exact) mass is 883 g/mol. The highest BCUT2D eigenvalue weighted by Crippen LogP contribution is 2.43. The molecular formula is C50H91O10P. The third kappa shape index (κ3) is 44.3. The second kappa shape index (κ2) is 45.9. The minimum Gasteiger partial charge on any atom is -0.457 e. The average molecular weight is 883 g/mol. The highest BCUT2D eigenvalue weighted by molar-refractivity contribution is 7.47. The first-order chi connectivity index (χ1) is 29.8. The lowest BCUT2D eigenvalue weighted by atomic mass is 10.0. The first kappa shape index (κ1) is 58.9. The van der Waals surface area contributed by atoms with E-state index in [9.17, 15) is 29.3 Å². The zero-order valence-corrected chi connectivity index (χ0v) is 39.8. The van der Waals surface area contributed by atoms with Crippen molar-refractivity contribution in [3.05, 3.63) is 48.6 Å². The van der Waals surface area contributed by atoms with Gasteiger partial charge in [-0.2, -0.15) is 0 Å². The predicted molar refractivity (Wildman–Crippen MR) is 251 cm³/mol. The molecule has 11 heteroatoms. The minimum absolute atomic E-state index is 0.175. The number of aliphatic hydroxyl groups is 2. The van der Waals surface area contributed by atoms with Crippen LogP contribution in [0, 0.1) is 0 Å². The number of phosphoric acid groups is 1. The van der Waals surface area contributed by atoms with Crippen LogP contribution < -0.4 is 0 Å². The Bertz CT molecular complexity index is 1150. The maximum atomic E-state index is 12.4. The minimum atomic E-state index is -4.64. The number of hydrogen-bond acceptors (Lipinski definition) is 9. The average Bonchev–Trinajstić information content (AvgIpc) is 3.25. The Hall–Kier alpha value is -2.07. The van der Waals surface area contributed by atoms with E-state index < -0.39 is 58.4 Å². The number of carbonyl (C=O) groups excluding carboxylic acids is 2. The molecule has 0 fully saturated rings. The Morgan fingerprint density at radius 3 is 1.11 bits per heavy atom. The first-order valence-electron chi connectivity index (χ1n) is 24.6. The van der Waals surface area contributed by atoms with Crippen LogP contribution in [0.3, 0.4) is 0 Å². The van der Waals surface area contributed by atoms with E-state index in [0.29, 0.717) is 12.8 Å². The van der Waals surface area contributed by atoms with Crippen molar-refractivity contribution in [2.45, 2.75) is 232 Å². The molecule has 0 rings (SSSR count). The number of allylic oxidation sites excluding steroid dienone is 8. The highest BCUT2D eigenvalue weighted by Gasteiger charge is 2.27. The number of aliphatic hydroxyl groups excluding tert-OH is 2. The van der Waals surface area contributed by atoms with Gasteiger partial charge in [-0.15, -0.1) is 0 Å². The first-order valence-corrected chi connectivity index (χ1v) is 26.1. The molecule has 356 valence electrons. The Labute approximate surface area is 373 Å². The van der Waals surface area contributed by atoms with Crippen molar-refractivity contribution in [3.63, 3.8) is 0 Å². The summed E-state index contributed by atoms with van der Waals surface area (Å²) in [5.74, 6) is -1.03. The fourth-order valence-electron chi connectivity index (χ4n) is 6.81. The van der Waals surface area contributed by atoms with Gasteiger partial charge in [0.25, 0.3) is 0 Å². The molecule has 0 aromatic heterocycles. The van der Waals surface area contributed by atoms with Crippen LogP contribution in [-0.4, -0.2) is 65.7 Å². The normalized spacial score (nSPS) is 14.1. The van der Waals surface area contributed by atoms with E-state index in [4.69, 9.17) is 18.5 Å². The van der Waals surface area contributed by atoms with Crippen molar-refractivity contribution in [1.29, 1.82) is 0 Å². The Morgan fingerprint density at radius 1 is 0.459 bits per heavy atom. The van der Waals surface area contributed by atoms with Crippen LogP contribution >= 0.6 is 7.82 Å². The number of rotatable bonds is 46. The zero-order chi connectivity index (χ0) is 44.8. The van der Waals surface area contributed by atoms with E-state index in [1.165, 1.54) is 96.3 Å². The van der Waals surface area contributed by atoms with Crippen molar-refractivity contribution in [2.24, 2.45) is 0 Å². The van der Waals surface area contributed by atoms with Crippen LogP contribution in [-0.2, 0) is 32.7 Å². The lowest BCUT2D eigenvalue weighted by molar-refractivity contribution is -0.153. The van der Waals surface area contributed by atoms with Gasteiger partial charge in [0.1, 0.15) is 12.2 Å². The Morgan fingerprint density at radius 2 is 0.770 bits per heavy atom. The molecule has 0 spiro atoms. The Balaban J connectivity index is 3.87. The van der Waals surface area contributed by atoms with Gasteiger partial charge in [-0.05, 0) is 51.4 Å². The number of unbranched alkanes of at least 4 members (excludes halogenated alkanes) is 24. The van der Waals surface area contributed by atoms with Crippen LogP contribution in [0.5, 0.6) is 0 Å². The van der Waals surface area contributed by atoms with Gasteiger partial charge in [0.15, 0.2) is 0 Å². The van der Waals surface area contributed by atoms with Crippen molar-refractivity contribution >= 4 is 19.8 Å². The summed E-state index contributed by atoms with van der Waals surface area (Å²) in [5, 5.41) is 19.2. The van der Waals surface area contributed by atoms with Gasteiger partial charge in [0.2, 0.25) is 0 Å². The molecule has 0 aliphatic carbocycles. The van der Waals surface area contributed by atoms with Crippen LogP contribution in [0.15, 0.2) is 48.6 Å². The summed E-state index contributed by atoms with van der Waals surface area (Å²) in [4.78, 5) is 34.6. The molecule has 3 unspecified atom stereocenters. The zero-order valence-electron chi connectivity index (χ0n) is 38.9. The fraction of sp³-hybridized carbons (Fsp3) is 0.800. The van der Waals surface area contributed by atoms with Gasteiger partial charge in [-0.25, -0.2) is 4.57 Å². The molecule has 3 N–H and O–H groups in total. The molecule has 0 heterocycles. The molecule has 0 amide bonds. The van der Waals surface area contributed by atoms with E-state index >= 15 is 0 Å². The third-order valence-electron chi connectivity index (χ3n) is 10.6. The smallest absolute Gasteiger partial charge is 0.457 e. The second-order valence-corrected chi connectivity index (χ2v) is 17.9. The number of hydrogen-bond donors (Lipinski definition) is 3. The third-order valence-corrected chi connectivity index (χ3v) is 11.5. The molecule has 0 saturated heterocycles. The molecule has 0 saturated carbocycles. The van der Waals surface area contributed by atoms with E-state index in [-0.39, 0.29) is 12.8 Å². The molecule has 0 aromatic carbocycles. The van der Waals surface area contributed by atoms with Crippen LogP contribution in [0.1, 0.15) is 219 Å². The summed E-state index contributed by atoms with van der Waals surface area (Å²) >= 11 is 0. The highest BCUT2D eigenvalue weighted by atomic mass is 31.2. The molecule has 10 nitrogen and oxygen atoms in total. The number of carbonyl (C=O) groups is 2. The largest absolute Gasteiger partial charge is 0.472 e. The standard InChI is InChI=1S/C50H91O10P/c1-3-5-7-9-11-13-15-17-19-21-23-25-27-29-31-33-35-37-39-41-49(53)59-47(43-51)45-57-61(55,56)58-46-48(44-52)60-50(54)42-40-38-36-34-32-30-28-26-24-22-20-18-16-14-12-10-8-6-4-2/h5,7,11,13,17,19,23,25,47-48,51-52H,3-4,6,8-10,12,14-16,18,20-22,24,26-46H2,1-2H3,(H,55,56)/b7-5-,13-11-,19-17-,25-23-. The van der Waals surface area contributed by atoms with Gasteiger partial charge in [-0.1, -0.05) is 204 Å². The lowest BCUT2D eigenvalue weighted by Crippen LogP contribution is -2.28. The molecule has 0 radical (unpaired) electrons. The summed E-state index contributed by atoms with van der Waals surface area (Å²) in [7, 11) is -4.64. The lowest BCUT2D eigenvalue weighted by Gasteiger charge is -2.20. The maximum absolute atomic E-state index is 12.4. The van der Waals surface area contributed by atoms with Crippen LogP contribution in [0.4, 0.5) is 0 Å². The number of ether oxygens (including phenoxy) is 2. The van der Waals surface area contributed by atoms with E-state index in [2.05, 4.69) is 62.5 Å². The molecule has 3 atom stereocenters. The van der Waals surface area contributed by atoms with Gasteiger partial charge < -0.3 is 24.6 Å².